The fraction of sp³-hybridized carbons (Fsp3) is 0.182. The van der Waals surface area contributed by atoms with Gasteiger partial charge in [-0.1, -0.05) is 11.6 Å². The lowest BCUT2D eigenvalue weighted by atomic mass is 10.2. The number of aromatic nitrogens is 2. The third kappa shape index (κ3) is 2.22. The van der Waals surface area contributed by atoms with Gasteiger partial charge < -0.3 is 4.74 Å². The van der Waals surface area contributed by atoms with Crippen molar-refractivity contribution in [3.05, 3.63) is 34.1 Å². The van der Waals surface area contributed by atoms with E-state index in [1.807, 2.05) is 0 Å². The number of halogens is 4. The van der Waals surface area contributed by atoms with E-state index in [1.165, 1.54) is 0 Å². The second-order valence-corrected chi connectivity index (χ2v) is 4.12. The molecule has 0 bridgehead atoms. The minimum absolute atomic E-state index is 0.205. The quantitative estimate of drug-likeness (QED) is 0.632. The van der Waals surface area contributed by atoms with Crippen LogP contribution in [0.5, 0.6) is 0 Å². The maximum absolute atomic E-state index is 12.9. The Kier molecular flexibility index (Phi) is 3.43. The van der Waals surface area contributed by atoms with Crippen LogP contribution in [0, 0.1) is 0 Å². The number of methoxy groups -OCH3 is 1. The molecule has 0 atom stereocenters. The summed E-state index contributed by atoms with van der Waals surface area (Å²) in [7, 11) is 1.05. The van der Waals surface area contributed by atoms with Crippen LogP contribution >= 0.6 is 11.6 Å². The van der Waals surface area contributed by atoms with Gasteiger partial charge in [-0.3, -0.25) is 4.79 Å². The summed E-state index contributed by atoms with van der Waals surface area (Å²) in [5.74, 6) is -0.973. The van der Waals surface area contributed by atoms with Crippen molar-refractivity contribution in [1.82, 2.24) is 9.61 Å². The Morgan fingerprint density at radius 2 is 2.10 bits per heavy atom. The van der Waals surface area contributed by atoms with Gasteiger partial charge in [-0.2, -0.15) is 18.3 Å². The number of pyridine rings is 1. The minimum atomic E-state index is -4.76. The number of carbonyl (C=O) groups is 2. The Morgan fingerprint density at radius 1 is 1.45 bits per heavy atom. The molecule has 0 unspecified atom stereocenters. The van der Waals surface area contributed by atoms with E-state index < -0.39 is 23.5 Å². The lowest BCUT2D eigenvalue weighted by Crippen LogP contribution is -2.13. The van der Waals surface area contributed by atoms with Crippen molar-refractivity contribution in [3.8, 4) is 0 Å². The Hall–Kier alpha value is -2.09. The van der Waals surface area contributed by atoms with Crippen LogP contribution in [0.15, 0.2) is 12.1 Å². The topological polar surface area (TPSA) is 60.7 Å². The third-order valence-corrected chi connectivity index (χ3v) is 2.87. The number of hydrogen-bond donors (Lipinski definition) is 0. The molecule has 0 fully saturated rings. The number of alkyl halides is 3. The zero-order chi connectivity index (χ0) is 15.1. The average Bonchev–Trinajstić information content (AvgIpc) is 2.73. The number of nitrogens with zero attached hydrogens (tertiary/aromatic N) is 2. The molecule has 0 aliphatic carbocycles. The second kappa shape index (κ2) is 4.78. The number of rotatable bonds is 2. The molecule has 2 aromatic heterocycles. The fourth-order valence-corrected chi connectivity index (χ4v) is 1.89. The highest BCUT2D eigenvalue weighted by Gasteiger charge is 2.36. The van der Waals surface area contributed by atoms with Crippen LogP contribution in [0.2, 0.25) is 5.02 Å². The van der Waals surface area contributed by atoms with Crippen molar-refractivity contribution in [2.45, 2.75) is 6.18 Å². The molecule has 0 radical (unpaired) electrons. The smallest absolute Gasteiger partial charge is 0.433 e. The van der Waals surface area contributed by atoms with Crippen molar-refractivity contribution >= 4 is 29.4 Å². The Bertz CT molecular complexity index is 709. The van der Waals surface area contributed by atoms with Gasteiger partial charge in [0, 0.05) is 5.56 Å². The van der Waals surface area contributed by atoms with Gasteiger partial charge >= 0.3 is 12.1 Å². The van der Waals surface area contributed by atoms with E-state index in [-0.39, 0.29) is 22.4 Å². The number of esters is 1. The predicted molar refractivity (Wildman–Crippen MR) is 61.9 cm³/mol. The fourth-order valence-electron chi connectivity index (χ4n) is 1.64. The average molecular weight is 307 g/mol. The largest absolute Gasteiger partial charge is 0.464 e. The molecule has 5 nitrogen and oxygen atoms in total. The normalized spacial score (nSPS) is 11.7. The van der Waals surface area contributed by atoms with E-state index in [4.69, 9.17) is 11.6 Å². The Balaban J connectivity index is 2.86. The van der Waals surface area contributed by atoms with Crippen LogP contribution < -0.4 is 0 Å². The van der Waals surface area contributed by atoms with E-state index in [2.05, 4.69) is 9.84 Å². The molecule has 0 N–H and O–H groups in total. The highest BCUT2D eigenvalue weighted by atomic mass is 35.5. The maximum atomic E-state index is 12.9. The van der Waals surface area contributed by atoms with Gasteiger partial charge in [0.05, 0.1) is 12.6 Å². The molecule has 2 aromatic rings. The molecule has 2 rings (SSSR count). The van der Waals surface area contributed by atoms with Crippen molar-refractivity contribution < 1.29 is 27.5 Å². The Morgan fingerprint density at radius 3 is 2.60 bits per heavy atom. The van der Waals surface area contributed by atoms with Gasteiger partial charge in [-0.25, -0.2) is 9.31 Å². The summed E-state index contributed by atoms with van der Waals surface area (Å²) in [5.41, 5.74) is -2.11. The van der Waals surface area contributed by atoms with E-state index in [9.17, 15) is 22.8 Å². The zero-order valence-corrected chi connectivity index (χ0v) is 10.6. The van der Waals surface area contributed by atoms with Crippen LogP contribution in [-0.4, -0.2) is 29.0 Å². The van der Waals surface area contributed by atoms with Crippen LogP contribution in [0.25, 0.3) is 5.52 Å². The molecule has 0 amide bonds. The standard InChI is InChI=1S/C11H6ClF3N2O3/c1-20-10(19)9-8(12)6-2-5(4-18)3-7(11(13,14)15)17(6)16-9/h2-4H,1H3. The molecule has 0 aromatic carbocycles. The molecular weight excluding hydrogens is 301 g/mol. The summed E-state index contributed by atoms with van der Waals surface area (Å²) >= 11 is 5.81. The van der Waals surface area contributed by atoms with E-state index in [0.717, 1.165) is 13.2 Å². The van der Waals surface area contributed by atoms with Gasteiger partial charge in [0.25, 0.3) is 0 Å². The lowest BCUT2D eigenvalue weighted by Gasteiger charge is -2.09. The first-order valence-electron chi connectivity index (χ1n) is 5.12. The summed E-state index contributed by atoms with van der Waals surface area (Å²) in [6.07, 6.45) is -4.52. The molecule has 20 heavy (non-hydrogen) atoms. The zero-order valence-electron chi connectivity index (χ0n) is 9.86. The monoisotopic (exact) mass is 306 g/mol. The summed E-state index contributed by atoms with van der Waals surface area (Å²) in [6, 6.07) is 1.72. The van der Waals surface area contributed by atoms with E-state index in [1.54, 1.807) is 0 Å². The molecule has 106 valence electrons. The van der Waals surface area contributed by atoms with Crippen molar-refractivity contribution in [3.63, 3.8) is 0 Å². The van der Waals surface area contributed by atoms with Gasteiger partial charge in [0.2, 0.25) is 0 Å². The molecule has 0 aliphatic heterocycles. The van der Waals surface area contributed by atoms with Crippen LogP contribution in [0.1, 0.15) is 26.5 Å². The van der Waals surface area contributed by atoms with Crippen LogP contribution in [0.4, 0.5) is 13.2 Å². The predicted octanol–water partition coefficient (Wildman–Crippen LogP) is 2.61. The number of ether oxygens (including phenoxy) is 1. The molecular formula is C11H6ClF3N2O3. The number of hydrogen-bond acceptors (Lipinski definition) is 4. The SMILES string of the molecule is COC(=O)c1nn2c(C(F)(F)F)cc(C=O)cc2c1Cl. The minimum Gasteiger partial charge on any atom is -0.464 e. The van der Waals surface area contributed by atoms with Gasteiger partial charge in [-0.15, -0.1) is 0 Å². The lowest BCUT2D eigenvalue weighted by molar-refractivity contribution is -0.142. The highest BCUT2D eigenvalue weighted by Crippen LogP contribution is 2.33. The summed E-state index contributed by atoms with van der Waals surface area (Å²) < 4.78 is 43.6. The summed E-state index contributed by atoms with van der Waals surface area (Å²) in [5, 5.41) is 3.19. The Labute approximate surface area is 114 Å². The van der Waals surface area contributed by atoms with Crippen molar-refractivity contribution in [1.29, 1.82) is 0 Å². The molecule has 0 saturated carbocycles. The molecule has 0 saturated heterocycles. The van der Waals surface area contributed by atoms with Crippen molar-refractivity contribution in [2.75, 3.05) is 7.11 Å². The summed E-state index contributed by atoms with van der Waals surface area (Å²) in [6.45, 7) is 0. The van der Waals surface area contributed by atoms with Gasteiger partial charge in [0.15, 0.2) is 5.69 Å². The first-order chi connectivity index (χ1) is 9.29. The van der Waals surface area contributed by atoms with E-state index in [0.29, 0.717) is 10.6 Å². The first-order valence-corrected chi connectivity index (χ1v) is 5.50. The number of aldehydes is 1. The molecule has 2 heterocycles. The molecule has 0 spiro atoms. The second-order valence-electron chi connectivity index (χ2n) is 3.74. The van der Waals surface area contributed by atoms with E-state index >= 15 is 0 Å². The molecule has 9 heteroatoms. The van der Waals surface area contributed by atoms with Gasteiger partial charge in [0.1, 0.15) is 17.0 Å². The number of fused-ring (bicyclic) bond motifs is 1. The maximum Gasteiger partial charge on any atom is 0.433 e. The van der Waals surface area contributed by atoms with Crippen LogP contribution in [0.3, 0.4) is 0 Å². The first kappa shape index (κ1) is 14.3. The number of carbonyl (C=O) groups excluding carboxylic acids is 2. The summed E-state index contributed by atoms with van der Waals surface area (Å²) in [4.78, 5) is 22.1. The van der Waals surface area contributed by atoms with Crippen LogP contribution in [-0.2, 0) is 10.9 Å². The third-order valence-electron chi connectivity index (χ3n) is 2.50. The van der Waals surface area contributed by atoms with Crippen molar-refractivity contribution in [2.24, 2.45) is 0 Å². The van der Waals surface area contributed by atoms with Gasteiger partial charge in [-0.05, 0) is 12.1 Å². The molecule has 0 aliphatic rings. The highest BCUT2D eigenvalue weighted by molar-refractivity contribution is 6.36.